The van der Waals surface area contributed by atoms with Gasteiger partial charge in [-0.3, -0.25) is 4.79 Å². The maximum absolute atomic E-state index is 12.4. The van der Waals surface area contributed by atoms with E-state index in [0.717, 1.165) is 22.9 Å². The summed E-state index contributed by atoms with van der Waals surface area (Å²) in [6, 6.07) is 7.97. The number of aromatic nitrogens is 1. The number of nitrogens with one attached hydrogen (secondary N) is 1. The van der Waals surface area contributed by atoms with Crippen molar-refractivity contribution in [2.75, 3.05) is 13.2 Å². The van der Waals surface area contributed by atoms with Gasteiger partial charge in [0, 0.05) is 30.7 Å². The molecule has 1 aromatic heterocycles. The fourth-order valence-electron chi connectivity index (χ4n) is 3.52. The van der Waals surface area contributed by atoms with Gasteiger partial charge < -0.3 is 14.6 Å². The van der Waals surface area contributed by atoms with Crippen molar-refractivity contribution >= 4 is 16.8 Å². The van der Waals surface area contributed by atoms with E-state index in [4.69, 9.17) is 4.74 Å². The van der Waals surface area contributed by atoms with Crippen molar-refractivity contribution in [1.82, 2.24) is 9.88 Å². The third kappa shape index (κ3) is 3.58. The maximum Gasteiger partial charge on any atom is 0.253 e. The number of carbonyl (C=O) groups is 1. The molecule has 0 aliphatic heterocycles. The molecule has 3 rings (SSSR count). The van der Waals surface area contributed by atoms with E-state index in [1.54, 1.807) is 0 Å². The monoisotopic (exact) mass is 314 g/mol. The second-order valence-corrected chi connectivity index (χ2v) is 6.60. The lowest BCUT2D eigenvalue weighted by molar-refractivity contribution is -0.00293. The average Bonchev–Trinajstić information content (AvgIpc) is 2.90. The molecular weight excluding hydrogens is 288 g/mol. The number of nitrogens with zero attached hydrogens (tertiary/aromatic N) is 1. The second kappa shape index (κ2) is 7.18. The zero-order chi connectivity index (χ0) is 16.2. The SMILES string of the molecule is C[C@@H]1CCCC[C@@H]1OCCNC(=O)c1cn(C)c2ccccc12. The molecule has 23 heavy (non-hydrogen) atoms. The second-order valence-electron chi connectivity index (χ2n) is 6.60. The Morgan fingerprint density at radius 1 is 1.30 bits per heavy atom. The van der Waals surface area contributed by atoms with E-state index in [-0.39, 0.29) is 5.91 Å². The summed E-state index contributed by atoms with van der Waals surface area (Å²) in [6.45, 7) is 3.41. The molecule has 0 saturated heterocycles. The summed E-state index contributed by atoms with van der Waals surface area (Å²) in [6.07, 6.45) is 7.24. The van der Waals surface area contributed by atoms with Gasteiger partial charge >= 0.3 is 0 Å². The molecule has 1 heterocycles. The van der Waals surface area contributed by atoms with Crippen LogP contribution in [0.1, 0.15) is 43.0 Å². The maximum atomic E-state index is 12.4. The predicted octanol–water partition coefficient (Wildman–Crippen LogP) is 3.50. The molecule has 0 bridgehead atoms. The number of fused-ring (bicyclic) bond motifs is 1. The molecule has 1 saturated carbocycles. The van der Waals surface area contributed by atoms with Crippen molar-refractivity contribution in [3.63, 3.8) is 0 Å². The summed E-state index contributed by atoms with van der Waals surface area (Å²) in [5.41, 5.74) is 1.80. The van der Waals surface area contributed by atoms with E-state index in [9.17, 15) is 4.79 Å². The molecule has 0 radical (unpaired) electrons. The van der Waals surface area contributed by atoms with Gasteiger partial charge in [0.1, 0.15) is 0 Å². The zero-order valence-electron chi connectivity index (χ0n) is 14.0. The Balaban J connectivity index is 1.53. The van der Waals surface area contributed by atoms with Crippen LogP contribution < -0.4 is 5.32 Å². The molecule has 0 unspecified atom stereocenters. The highest BCUT2D eigenvalue weighted by molar-refractivity contribution is 6.06. The molecule has 2 atom stereocenters. The Kier molecular flexibility index (Phi) is 5.01. The molecule has 1 aromatic carbocycles. The number of ether oxygens (including phenoxy) is 1. The minimum atomic E-state index is -0.0258. The number of hydrogen-bond donors (Lipinski definition) is 1. The van der Waals surface area contributed by atoms with Crippen LogP contribution >= 0.6 is 0 Å². The molecule has 2 aromatic rings. The topological polar surface area (TPSA) is 43.3 Å². The lowest BCUT2D eigenvalue weighted by Crippen LogP contribution is -2.31. The lowest BCUT2D eigenvalue weighted by Gasteiger charge is -2.28. The van der Waals surface area contributed by atoms with Crippen LogP contribution in [-0.4, -0.2) is 29.7 Å². The van der Waals surface area contributed by atoms with Crippen molar-refractivity contribution in [3.05, 3.63) is 36.0 Å². The smallest absolute Gasteiger partial charge is 0.253 e. The third-order valence-corrected chi connectivity index (χ3v) is 4.89. The minimum absolute atomic E-state index is 0.0258. The standard InChI is InChI=1S/C19H26N2O2/c1-14-7-3-6-10-18(14)23-12-11-20-19(22)16-13-21(2)17-9-5-4-8-15(16)17/h4-5,8-9,13-14,18H,3,6-7,10-12H2,1-2H3,(H,20,22)/t14-,18+/m1/s1. The third-order valence-electron chi connectivity index (χ3n) is 4.89. The van der Waals surface area contributed by atoms with E-state index >= 15 is 0 Å². The average molecular weight is 314 g/mol. The molecular formula is C19H26N2O2. The Bertz CT molecular complexity index is 677. The largest absolute Gasteiger partial charge is 0.376 e. The Hall–Kier alpha value is -1.81. The van der Waals surface area contributed by atoms with Crippen molar-refractivity contribution in [2.45, 2.75) is 38.7 Å². The van der Waals surface area contributed by atoms with Gasteiger partial charge in [0.05, 0.1) is 18.3 Å². The molecule has 1 aliphatic carbocycles. The molecule has 1 amide bonds. The summed E-state index contributed by atoms with van der Waals surface area (Å²) in [5, 5.41) is 3.98. The molecule has 1 aliphatic rings. The van der Waals surface area contributed by atoms with Gasteiger partial charge in [0.15, 0.2) is 0 Å². The number of aryl methyl sites for hydroxylation is 1. The highest BCUT2D eigenvalue weighted by Crippen LogP contribution is 2.26. The highest BCUT2D eigenvalue weighted by Gasteiger charge is 2.21. The normalized spacial score (nSPS) is 21.5. The lowest BCUT2D eigenvalue weighted by atomic mass is 9.88. The number of para-hydroxylation sites is 1. The first kappa shape index (κ1) is 16.1. The van der Waals surface area contributed by atoms with E-state index in [1.165, 1.54) is 19.3 Å². The van der Waals surface area contributed by atoms with Gasteiger partial charge in [-0.05, 0) is 24.8 Å². The van der Waals surface area contributed by atoms with Crippen LogP contribution in [0.3, 0.4) is 0 Å². The first-order chi connectivity index (χ1) is 11.2. The number of amides is 1. The Labute approximate surface area is 137 Å². The van der Waals surface area contributed by atoms with Crippen LogP contribution in [0, 0.1) is 5.92 Å². The zero-order valence-corrected chi connectivity index (χ0v) is 14.0. The van der Waals surface area contributed by atoms with Crippen molar-refractivity contribution < 1.29 is 9.53 Å². The van der Waals surface area contributed by atoms with Gasteiger partial charge in [-0.15, -0.1) is 0 Å². The van der Waals surface area contributed by atoms with E-state index in [1.807, 2.05) is 42.1 Å². The minimum Gasteiger partial charge on any atom is -0.376 e. The van der Waals surface area contributed by atoms with E-state index < -0.39 is 0 Å². The van der Waals surface area contributed by atoms with Crippen LogP contribution in [0.5, 0.6) is 0 Å². The van der Waals surface area contributed by atoms with Crippen LogP contribution in [0.15, 0.2) is 30.5 Å². The van der Waals surface area contributed by atoms with Gasteiger partial charge in [-0.2, -0.15) is 0 Å². The van der Waals surface area contributed by atoms with Gasteiger partial charge in [-0.1, -0.05) is 38.0 Å². The molecule has 124 valence electrons. The first-order valence-electron chi connectivity index (χ1n) is 8.60. The summed E-state index contributed by atoms with van der Waals surface area (Å²) < 4.78 is 7.94. The van der Waals surface area contributed by atoms with Gasteiger partial charge in [-0.25, -0.2) is 0 Å². The van der Waals surface area contributed by atoms with Crippen LogP contribution in [0.2, 0.25) is 0 Å². The summed E-state index contributed by atoms with van der Waals surface area (Å²) in [4.78, 5) is 12.4. The number of carbonyl (C=O) groups excluding carboxylic acids is 1. The van der Waals surface area contributed by atoms with Gasteiger partial charge in [0.25, 0.3) is 5.91 Å². The van der Waals surface area contributed by atoms with Crippen LogP contribution in [0.4, 0.5) is 0 Å². The number of rotatable bonds is 5. The predicted molar refractivity (Wildman–Crippen MR) is 92.6 cm³/mol. The number of benzene rings is 1. The van der Waals surface area contributed by atoms with Crippen LogP contribution in [0.25, 0.3) is 10.9 Å². The molecule has 1 N–H and O–H groups in total. The highest BCUT2D eigenvalue weighted by atomic mass is 16.5. The van der Waals surface area contributed by atoms with Gasteiger partial charge in [0.2, 0.25) is 0 Å². The summed E-state index contributed by atoms with van der Waals surface area (Å²) >= 11 is 0. The molecule has 4 nitrogen and oxygen atoms in total. The Morgan fingerprint density at radius 2 is 2.09 bits per heavy atom. The van der Waals surface area contributed by atoms with E-state index in [0.29, 0.717) is 25.2 Å². The summed E-state index contributed by atoms with van der Waals surface area (Å²) in [5.74, 6) is 0.611. The molecule has 0 spiro atoms. The number of hydrogen-bond acceptors (Lipinski definition) is 2. The van der Waals surface area contributed by atoms with Crippen LogP contribution in [-0.2, 0) is 11.8 Å². The molecule has 1 fully saturated rings. The fourth-order valence-corrected chi connectivity index (χ4v) is 3.52. The quantitative estimate of drug-likeness (QED) is 0.858. The molecule has 4 heteroatoms. The first-order valence-corrected chi connectivity index (χ1v) is 8.60. The van der Waals surface area contributed by atoms with Crippen molar-refractivity contribution in [3.8, 4) is 0 Å². The van der Waals surface area contributed by atoms with E-state index in [2.05, 4.69) is 12.2 Å². The Morgan fingerprint density at radius 3 is 2.91 bits per heavy atom. The van der Waals surface area contributed by atoms with Crippen molar-refractivity contribution in [1.29, 1.82) is 0 Å². The summed E-state index contributed by atoms with van der Waals surface area (Å²) in [7, 11) is 1.96. The van der Waals surface area contributed by atoms with Crippen molar-refractivity contribution in [2.24, 2.45) is 13.0 Å². The fraction of sp³-hybridized carbons (Fsp3) is 0.526.